The minimum Gasteiger partial charge on any atom is -0.376 e. The quantitative estimate of drug-likeness (QED) is 0.751. The standard InChI is InChI=1S/C12H24N2O/c1-2-12-9-14(6-7-15-12)11-5-3-4-10(13)8-11/h10-12H,2-9,13H2,1H3. The fraction of sp³-hybridized carbons (Fsp3) is 1.00. The molecule has 1 saturated heterocycles. The lowest BCUT2D eigenvalue weighted by molar-refractivity contribution is -0.0500. The van der Waals surface area contributed by atoms with Gasteiger partial charge in [-0.05, 0) is 25.7 Å². The fourth-order valence-corrected chi connectivity index (χ4v) is 2.85. The van der Waals surface area contributed by atoms with Gasteiger partial charge in [-0.15, -0.1) is 0 Å². The zero-order valence-electron chi connectivity index (χ0n) is 9.82. The number of nitrogens with two attached hydrogens (primary N) is 1. The van der Waals surface area contributed by atoms with E-state index >= 15 is 0 Å². The van der Waals surface area contributed by atoms with Gasteiger partial charge < -0.3 is 10.5 Å². The zero-order chi connectivity index (χ0) is 10.7. The summed E-state index contributed by atoms with van der Waals surface area (Å²) in [7, 11) is 0. The Morgan fingerprint density at radius 1 is 1.40 bits per heavy atom. The summed E-state index contributed by atoms with van der Waals surface area (Å²) in [6, 6.07) is 1.17. The van der Waals surface area contributed by atoms with Crippen molar-refractivity contribution >= 4 is 0 Å². The molecule has 2 N–H and O–H groups in total. The van der Waals surface area contributed by atoms with E-state index < -0.39 is 0 Å². The number of rotatable bonds is 2. The summed E-state index contributed by atoms with van der Waals surface area (Å²) in [6.45, 7) is 5.34. The van der Waals surface area contributed by atoms with Crippen molar-refractivity contribution in [1.29, 1.82) is 0 Å². The molecule has 1 aliphatic carbocycles. The van der Waals surface area contributed by atoms with E-state index in [-0.39, 0.29) is 0 Å². The largest absolute Gasteiger partial charge is 0.376 e. The van der Waals surface area contributed by atoms with Crippen molar-refractivity contribution in [2.75, 3.05) is 19.7 Å². The molecule has 0 aromatic rings. The van der Waals surface area contributed by atoms with Gasteiger partial charge in [-0.1, -0.05) is 13.3 Å². The van der Waals surface area contributed by atoms with Crippen LogP contribution in [0, 0.1) is 0 Å². The van der Waals surface area contributed by atoms with E-state index in [0.29, 0.717) is 12.1 Å². The molecule has 2 aliphatic rings. The fourth-order valence-electron chi connectivity index (χ4n) is 2.85. The second-order valence-corrected chi connectivity index (χ2v) is 4.98. The lowest BCUT2D eigenvalue weighted by atomic mass is 9.90. The van der Waals surface area contributed by atoms with Crippen molar-refractivity contribution in [3.63, 3.8) is 0 Å². The van der Waals surface area contributed by atoms with Crippen molar-refractivity contribution in [1.82, 2.24) is 4.90 Å². The highest BCUT2D eigenvalue weighted by molar-refractivity contribution is 4.84. The van der Waals surface area contributed by atoms with Gasteiger partial charge in [0, 0.05) is 25.2 Å². The van der Waals surface area contributed by atoms with Crippen LogP contribution in [-0.2, 0) is 4.74 Å². The maximum absolute atomic E-state index is 6.04. The Hall–Kier alpha value is -0.120. The number of ether oxygens (including phenoxy) is 1. The van der Waals surface area contributed by atoms with Crippen molar-refractivity contribution < 1.29 is 4.74 Å². The first-order valence-electron chi connectivity index (χ1n) is 6.40. The molecular weight excluding hydrogens is 188 g/mol. The normalized spacial score (nSPS) is 39.2. The van der Waals surface area contributed by atoms with Crippen LogP contribution in [0.1, 0.15) is 39.0 Å². The number of morpholine rings is 1. The Kier molecular flexibility index (Phi) is 4.00. The molecule has 3 unspecified atom stereocenters. The van der Waals surface area contributed by atoms with E-state index in [1.54, 1.807) is 0 Å². The molecule has 0 amide bonds. The first-order chi connectivity index (χ1) is 7.29. The van der Waals surface area contributed by atoms with Crippen molar-refractivity contribution in [2.24, 2.45) is 5.73 Å². The number of hydrogen-bond donors (Lipinski definition) is 1. The van der Waals surface area contributed by atoms with E-state index in [1.807, 2.05) is 0 Å². The molecule has 15 heavy (non-hydrogen) atoms. The molecule has 2 fully saturated rings. The molecule has 1 heterocycles. The van der Waals surface area contributed by atoms with E-state index in [2.05, 4.69) is 11.8 Å². The van der Waals surface area contributed by atoms with Gasteiger partial charge in [0.2, 0.25) is 0 Å². The van der Waals surface area contributed by atoms with Crippen LogP contribution < -0.4 is 5.73 Å². The predicted molar refractivity (Wildman–Crippen MR) is 61.8 cm³/mol. The molecule has 3 heteroatoms. The van der Waals surface area contributed by atoms with Crippen LogP contribution in [0.4, 0.5) is 0 Å². The summed E-state index contributed by atoms with van der Waals surface area (Å²) in [5, 5.41) is 0. The third-order valence-electron chi connectivity index (χ3n) is 3.83. The first kappa shape index (κ1) is 11.4. The highest BCUT2D eigenvalue weighted by Gasteiger charge is 2.28. The Morgan fingerprint density at radius 2 is 2.27 bits per heavy atom. The van der Waals surface area contributed by atoms with Gasteiger partial charge in [-0.25, -0.2) is 0 Å². The second kappa shape index (κ2) is 5.28. The van der Waals surface area contributed by atoms with E-state index in [0.717, 1.165) is 32.2 Å². The number of nitrogens with zero attached hydrogens (tertiary/aromatic N) is 1. The Balaban J connectivity index is 1.86. The molecular formula is C12H24N2O. The van der Waals surface area contributed by atoms with Crippen molar-refractivity contribution in [3.05, 3.63) is 0 Å². The molecule has 88 valence electrons. The first-order valence-corrected chi connectivity index (χ1v) is 6.40. The predicted octanol–water partition coefficient (Wildman–Crippen LogP) is 1.37. The van der Waals surface area contributed by atoms with Gasteiger partial charge >= 0.3 is 0 Å². The average molecular weight is 212 g/mol. The van der Waals surface area contributed by atoms with Crippen molar-refractivity contribution in [2.45, 2.75) is 57.2 Å². The third-order valence-corrected chi connectivity index (χ3v) is 3.83. The number of hydrogen-bond acceptors (Lipinski definition) is 3. The Morgan fingerprint density at radius 3 is 3.00 bits per heavy atom. The molecule has 0 bridgehead atoms. The molecule has 1 aliphatic heterocycles. The highest BCUT2D eigenvalue weighted by Crippen LogP contribution is 2.24. The minimum absolute atomic E-state index is 0.437. The highest BCUT2D eigenvalue weighted by atomic mass is 16.5. The van der Waals surface area contributed by atoms with Gasteiger partial charge in [-0.2, -0.15) is 0 Å². The minimum atomic E-state index is 0.437. The molecule has 0 aromatic carbocycles. The van der Waals surface area contributed by atoms with E-state index in [4.69, 9.17) is 10.5 Å². The van der Waals surface area contributed by atoms with Crippen LogP contribution in [0.15, 0.2) is 0 Å². The molecule has 0 radical (unpaired) electrons. The summed E-state index contributed by atoms with van der Waals surface area (Å²) < 4.78 is 5.70. The average Bonchev–Trinajstić information content (AvgIpc) is 2.29. The summed E-state index contributed by atoms with van der Waals surface area (Å²) in [5.74, 6) is 0. The summed E-state index contributed by atoms with van der Waals surface area (Å²) in [6.07, 6.45) is 6.64. The van der Waals surface area contributed by atoms with E-state index in [9.17, 15) is 0 Å². The van der Waals surface area contributed by atoms with Crippen LogP contribution in [0.5, 0.6) is 0 Å². The Labute approximate surface area is 93.0 Å². The maximum atomic E-state index is 6.04. The van der Waals surface area contributed by atoms with Gasteiger partial charge in [0.05, 0.1) is 12.7 Å². The van der Waals surface area contributed by atoms with Crippen LogP contribution in [0.2, 0.25) is 0 Å². The van der Waals surface area contributed by atoms with Gasteiger partial charge in [0.25, 0.3) is 0 Å². The molecule has 0 spiro atoms. The van der Waals surface area contributed by atoms with Crippen molar-refractivity contribution in [3.8, 4) is 0 Å². The third kappa shape index (κ3) is 2.92. The van der Waals surface area contributed by atoms with Crippen LogP contribution in [-0.4, -0.2) is 42.8 Å². The van der Waals surface area contributed by atoms with Crippen LogP contribution in [0.3, 0.4) is 0 Å². The SMILES string of the molecule is CCC1CN(C2CCCC(N)C2)CCO1. The molecule has 0 aromatic heterocycles. The summed E-state index contributed by atoms with van der Waals surface area (Å²) >= 11 is 0. The topological polar surface area (TPSA) is 38.5 Å². The molecule has 1 saturated carbocycles. The van der Waals surface area contributed by atoms with Crippen LogP contribution >= 0.6 is 0 Å². The maximum Gasteiger partial charge on any atom is 0.0700 e. The Bertz CT molecular complexity index is 198. The van der Waals surface area contributed by atoms with Gasteiger partial charge in [0.1, 0.15) is 0 Å². The molecule has 3 nitrogen and oxygen atoms in total. The van der Waals surface area contributed by atoms with Gasteiger partial charge in [-0.3, -0.25) is 4.90 Å². The lowest BCUT2D eigenvalue weighted by Gasteiger charge is -2.41. The van der Waals surface area contributed by atoms with Gasteiger partial charge in [0.15, 0.2) is 0 Å². The zero-order valence-corrected chi connectivity index (χ0v) is 9.82. The monoisotopic (exact) mass is 212 g/mol. The summed E-state index contributed by atoms with van der Waals surface area (Å²) in [5.41, 5.74) is 6.04. The summed E-state index contributed by atoms with van der Waals surface area (Å²) in [4.78, 5) is 2.61. The lowest BCUT2D eigenvalue weighted by Crippen LogP contribution is -2.50. The molecule has 3 atom stereocenters. The molecule has 2 rings (SSSR count). The smallest absolute Gasteiger partial charge is 0.0700 e. The second-order valence-electron chi connectivity index (χ2n) is 4.98. The van der Waals surface area contributed by atoms with E-state index in [1.165, 1.54) is 25.7 Å². The van der Waals surface area contributed by atoms with Crippen LogP contribution in [0.25, 0.3) is 0 Å².